The molecular weight excluding hydrogens is 508 g/mol. The summed E-state index contributed by atoms with van der Waals surface area (Å²) in [6, 6.07) is 5.97. The fraction of sp³-hybridized carbons (Fsp3) is 0.517. The van der Waals surface area contributed by atoms with Crippen molar-refractivity contribution in [3.05, 3.63) is 66.3 Å². The zero-order valence-electron chi connectivity index (χ0n) is 21.5. The number of rotatable bonds is 6. The molecule has 0 amide bonds. The Morgan fingerprint density at radius 1 is 1.08 bits per heavy atom. The van der Waals surface area contributed by atoms with E-state index < -0.39 is 61.5 Å². The number of phenolic OH excluding ortho intramolecular Hbond substituents is 1. The molecular formula is C29H34O10. The topological polar surface area (TPSA) is 152 Å². The monoisotopic (exact) mass is 542 g/mol. The molecule has 2 aliphatic carbocycles. The quantitative estimate of drug-likeness (QED) is 0.235. The Morgan fingerprint density at radius 2 is 1.79 bits per heavy atom. The van der Waals surface area contributed by atoms with Crippen molar-refractivity contribution in [1.29, 1.82) is 0 Å². The molecule has 0 spiro atoms. The Bertz CT molecular complexity index is 1160. The third-order valence-electron chi connectivity index (χ3n) is 8.42. The zero-order chi connectivity index (χ0) is 28.0. The minimum Gasteiger partial charge on any atom is -0.508 e. The molecule has 10 nitrogen and oxygen atoms in total. The number of aliphatic hydroxyl groups excluding tert-OH is 3. The molecule has 0 unspecified atom stereocenters. The largest absolute Gasteiger partial charge is 0.508 e. The van der Waals surface area contributed by atoms with Crippen LogP contribution in [0.1, 0.15) is 24.8 Å². The fourth-order valence-electron chi connectivity index (χ4n) is 6.27. The Balaban J connectivity index is 1.26. The number of fused-ring (bicyclic) bond motifs is 3. The highest BCUT2D eigenvalue weighted by atomic mass is 16.7. The number of benzene rings is 1. The molecule has 5 rings (SSSR count). The van der Waals surface area contributed by atoms with Crippen LogP contribution in [0.25, 0.3) is 0 Å². The third kappa shape index (κ3) is 5.15. The maximum Gasteiger partial charge on any atom is 0.334 e. The van der Waals surface area contributed by atoms with E-state index in [1.165, 1.54) is 12.1 Å². The molecule has 1 aromatic rings. The van der Waals surface area contributed by atoms with Crippen LogP contribution in [0.3, 0.4) is 0 Å². The van der Waals surface area contributed by atoms with Gasteiger partial charge in [0.05, 0.1) is 19.1 Å². The Hall–Kier alpha value is -3.02. The summed E-state index contributed by atoms with van der Waals surface area (Å²) in [4.78, 5) is 24.8. The maximum absolute atomic E-state index is 12.5. The number of aliphatic hydroxyl groups is 3. The second-order valence-electron chi connectivity index (χ2n) is 10.8. The first kappa shape index (κ1) is 27.5. The molecule has 10 heteroatoms. The van der Waals surface area contributed by atoms with Crippen molar-refractivity contribution in [1.82, 2.24) is 0 Å². The molecule has 0 bridgehead atoms. The van der Waals surface area contributed by atoms with Gasteiger partial charge in [0.1, 0.15) is 30.2 Å². The number of hydrogen-bond donors (Lipinski definition) is 4. The van der Waals surface area contributed by atoms with Crippen LogP contribution in [-0.4, -0.2) is 81.9 Å². The number of carbonyl (C=O) groups excluding carboxylic acids is 2. The number of aromatic hydroxyl groups is 1. The van der Waals surface area contributed by atoms with Crippen LogP contribution in [0.2, 0.25) is 0 Å². The molecule has 4 N–H and O–H groups in total. The Kier molecular flexibility index (Phi) is 7.67. The summed E-state index contributed by atoms with van der Waals surface area (Å²) in [5.74, 6) is -1.47. The van der Waals surface area contributed by atoms with Crippen molar-refractivity contribution >= 4 is 11.9 Å². The van der Waals surface area contributed by atoms with Gasteiger partial charge in [0.25, 0.3) is 0 Å². The first-order valence-electron chi connectivity index (χ1n) is 13.1. The summed E-state index contributed by atoms with van der Waals surface area (Å²) in [6.07, 6.45) is -6.25. The lowest BCUT2D eigenvalue weighted by atomic mass is 9.82. The van der Waals surface area contributed by atoms with Crippen molar-refractivity contribution in [3.8, 4) is 5.75 Å². The van der Waals surface area contributed by atoms with Crippen LogP contribution >= 0.6 is 0 Å². The van der Waals surface area contributed by atoms with Gasteiger partial charge in [-0.1, -0.05) is 37.4 Å². The van der Waals surface area contributed by atoms with E-state index >= 15 is 0 Å². The predicted octanol–water partition coefficient (Wildman–Crippen LogP) is 1.31. The highest BCUT2D eigenvalue weighted by Crippen LogP contribution is 2.53. The van der Waals surface area contributed by atoms with Crippen LogP contribution in [0.15, 0.2) is 60.7 Å². The number of ether oxygens (including phenoxy) is 4. The maximum atomic E-state index is 12.5. The molecule has 0 aromatic heterocycles. The van der Waals surface area contributed by atoms with Gasteiger partial charge in [0, 0.05) is 17.4 Å². The number of esters is 2. The molecule has 2 saturated heterocycles. The first-order valence-corrected chi connectivity index (χ1v) is 13.1. The normalized spacial score (nSPS) is 38.1. The van der Waals surface area contributed by atoms with Gasteiger partial charge in [-0.25, -0.2) is 4.79 Å². The van der Waals surface area contributed by atoms with Gasteiger partial charge < -0.3 is 39.4 Å². The lowest BCUT2D eigenvalue weighted by Gasteiger charge is -2.42. The van der Waals surface area contributed by atoms with Gasteiger partial charge in [0.2, 0.25) is 0 Å². The number of allylic oxidation sites excluding steroid dienone is 1. The molecule has 39 heavy (non-hydrogen) atoms. The van der Waals surface area contributed by atoms with Crippen molar-refractivity contribution in [3.63, 3.8) is 0 Å². The molecule has 210 valence electrons. The van der Waals surface area contributed by atoms with Crippen molar-refractivity contribution in [2.75, 3.05) is 6.61 Å². The van der Waals surface area contributed by atoms with Crippen LogP contribution in [-0.2, 0) is 35.0 Å². The van der Waals surface area contributed by atoms with Gasteiger partial charge in [-0.2, -0.15) is 0 Å². The summed E-state index contributed by atoms with van der Waals surface area (Å²) >= 11 is 0. The Labute approximate surface area is 226 Å². The molecule has 2 aliphatic heterocycles. The number of phenols is 1. The average Bonchev–Trinajstić information content (AvgIpc) is 3.33. The molecule has 10 atom stereocenters. The van der Waals surface area contributed by atoms with E-state index in [1.54, 1.807) is 12.1 Å². The summed E-state index contributed by atoms with van der Waals surface area (Å²) in [6.45, 7) is 11.8. The van der Waals surface area contributed by atoms with Gasteiger partial charge in [-0.15, -0.1) is 0 Å². The average molecular weight is 543 g/mol. The van der Waals surface area contributed by atoms with Gasteiger partial charge in [-0.3, -0.25) is 4.79 Å². The summed E-state index contributed by atoms with van der Waals surface area (Å²) in [7, 11) is 0. The van der Waals surface area contributed by atoms with Crippen LogP contribution in [0.5, 0.6) is 5.75 Å². The van der Waals surface area contributed by atoms with Gasteiger partial charge in [-0.05, 0) is 48.4 Å². The lowest BCUT2D eigenvalue weighted by Crippen LogP contribution is -2.61. The second-order valence-corrected chi connectivity index (χ2v) is 10.8. The smallest absolute Gasteiger partial charge is 0.334 e. The van der Waals surface area contributed by atoms with Crippen LogP contribution in [0, 0.1) is 17.8 Å². The van der Waals surface area contributed by atoms with E-state index in [0.717, 1.165) is 12.0 Å². The van der Waals surface area contributed by atoms with Crippen LogP contribution < -0.4 is 0 Å². The van der Waals surface area contributed by atoms with E-state index in [1.807, 2.05) is 0 Å². The van der Waals surface area contributed by atoms with E-state index in [9.17, 15) is 30.0 Å². The lowest BCUT2D eigenvalue weighted by molar-refractivity contribution is -0.310. The summed E-state index contributed by atoms with van der Waals surface area (Å²) < 4.78 is 23.0. The molecule has 4 aliphatic rings. The number of hydrogen-bond acceptors (Lipinski definition) is 10. The minimum absolute atomic E-state index is 0.0518. The van der Waals surface area contributed by atoms with Crippen molar-refractivity contribution in [2.24, 2.45) is 17.8 Å². The highest BCUT2D eigenvalue weighted by molar-refractivity contribution is 5.91. The SMILES string of the molecule is C=C1[C@@H]2[C@H]3OC(=O)C(=C)[C@@H]3CCC(=C)[C@@H]2C[C@@H]1O[C@@H]1O[C@H](CO)[C@@H](OC(=O)Cc2ccc(O)cc2)[C@H](O)[C@H]1O. The first-order chi connectivity index (χ1) is 18.6. The zero-order valence-corrected chi connectivity index (χ0v) is 21.5. The standard InChI is InChI=1S/C29H34O10/c1-13-4-9-18-14(2)28(35)39-26(18)23-15(3)20(11-19(13)23)36-29-25(34)24(33)27(21(12-30)37-29)38-22(32)10-16-5-7-17(31)8-6-16/h5-8,18-21,23-27,29-31,33-34H,1-4,9-12H2/t18-,19-,20-,21+,23-,24+,25+,26-,27+,29+/m0/s1. The second kappa shape index (κ2) is 10.9. The molecule has 4 fully saturated rings. The highest BCUT2D eigenvalue weighted by Gasteiger charge is 2.55. The fourth-order valence-corrected chi connectivity index (χ4v) is 6.27. The van der Waals surface area contributed by atoms with Crippen molar-refractivity contribution in [2.45, 2.75) is 68.6 Å². The van der Waals surface area contributed by atoms with Gasteiger partial charge in [0.15, 0.2) is 12.4 Å². The van der Waals surface area contributed by atoms with E-state index in [2.05, 4.69) is 19.7 Å². The minimum atomic E-state index is -1.59. The molecule has 0 radical (unpaired) electrons. The van der Waals surface area contributed by atoms with E-state index in [-0.39, 0.29) is 29.9 Å². The predicted molar refractivity (Wildman–Crippen MR) is 136 cm³/mol. The van der Waals surface area contributed by atoms with Gasteiger partial charge >= 0.3 is 11.9 Å². The van der Waals surface area contributed by atoms with Crippen LogP contribution in [0.4, 0.5) is 0 Å². The molecule has 2 saturated carbocycles. The number of carbonyl (C=O) groups is 2. The van der Waals surface area contributed by atoms with Crippen molar-refractivity contribution < 1.29 is 49.0 Å². The third-order valence-corrected chi connectivity index (χ3v) is 8.42. The summed E-state index contributed by atoms with van der Waals surface area (Å²) in [5, 5.41) is 41.0. The summed E-state index contributed by atoms with van der Waals surface area (Å²) in [5.41, 5.74) is 2.71. The molecule has 1 aromatic carbocycles. The molecule has 2 heterocycles. The Morgan fingerprint density at radius 3 is 2.49 bits per heavy atom. The van der Waals surface area contributed by atoms with E-state index in [0.29, 0.717) is 29.6 Å². The van der Waals surface area contributed by atoms with E-state index in [4.69, 9.17) is 18.9 Å².